The van der Waals surface area contributed by atoms with Gasteiger partial charge in [-0.05, 0) is 23.3 Å². The fourth-order valence-corrected chi connectivity index (χ4v) is 2.16. The second-order valence-electron chi connectivity index (χ2n) is 3.98. The standard InChI is InChI=1S/C15H13BrN2/c16-14-8-4-7-13(9-14)15(10-17)18-11-12-5-2-1-3-6-12/h1-9,15,18H,11H2/t15-/m1/s1. The van der Waals surface area contributed by atoms with Crippen molar-refractivity contribution in [2.24, 2.45) is 0 Å². The Hall–Kier alpha value is -1.63. The molecule has 1 N–H and O–H groups in total. The first-order chi connectivity index (χ1) is 8.79. The van der Waals surface area contributed by atoms with Crippen molar-refractivity contribution in [1.29, 1.82) is 5.26 Å². The van der Waals surface area contributed by atoms with Crippen LogP contribution in [0.25, 0.3) is 0 Å². The fraction of sp³-hybridized carbons (Fsp3) is 0.133. The number of halogens is 1. The molecule has 0 unspecified atom stereocenters. The van der Waals surface area contributed by atoms with E-state index in [1.807, 2.05) is 54.6 Å². The first-order valence-corrected chi connectivity index (χ1v) is 6.51. The molecule has 3 heteroatoms. The predicted octanol–water partition coefficient (Wildman–Crippen LogP) is 3.80. The minimum absolute atomic E-state index is 0.289. The van der Waals surface area contributed by atoms with E-state index in [0.717, 1.165) is 10.0 Å². The van der Waals surface area contributed by atoms with Crippen LogP contribution in [-0.2, 0) is 6.54 Å². The Morgan fingerprint density at radius 3 is 2.56 bits per heavy atom. The van der Waals surface area contributed by atoms with Crippen molar-refractivity contribution in [1.82, 2.24) is 5.32 Å². The van der Waals surface area contributed by atoms with Gasteiger partial charge in [-0.2, -0.15) is 5.26 Å². The number of hydrogen-bond acceptors (Lipinski definition) is 2. The topological polar surface area (TPSA) is 35.8 Å². The van der Waals surface area contributed by atoms with E-state index >= 15 is 0 Å². The third kappa shape index (κ3) is 3.43. The van der Waals surface area contributed by atoms with Crippen LogP contribution >= 0.6 is 15.9 Å². The van der Waals surface area contributed by atoms with Crippen LogP contribution in [-0.4, -0.2) is 0 Å². The van der Waals surface area contributed by atoms with E-state index in [0.29, 0.717) is 6.54 Å². The molecule has 0 aromatic heterocycles. The average molecular weight is 301 g/mol. The summed E-state index contributed by atoms with van der Waals surface area (Å²) in [6.07, 6.45) is 0. The minimum Gasteiger partial charge on any atom is -0.294 e. The Balaban J connectivity index is 2.05. The molecule has 2 nitrogen and oxygen atoms in total. The molecular weight excluding hydrogens is 288 g/mol. The molecule has 90 valence electrons. The van der Waals surface area contributed by atoms with Gasteiger partial charge in [-0.3, -0.25) is 5.32 Å². The van der Waals surface area contributed by atoms with Gasteiger partial charge in [-0.25, -0.2) is 0 Å². The lowest BCUT2D eigenvalue weighted by Gasteiger charge is -2.12. The molecule has 0 heterocycles. The lowest BCUT2D eigenvalue weighted by Crippen LogP contribution is -2.19. The Morgan fingerprint density at radius 1 is 1.11 bits per heavy atom. The molecule has 0 radical (unpaired) electrons. The molecular formula is C15H13BrN2. The molecule has 0 saturated carbocycles. The molecule has 0 fully saturated rings. The smallest absolute Gasteiger partial charge is 0.121 e. The Bertz CT molecular complexity index is 546. The first-order valence-electron chi connectivity index (χ1n) is 5.72. The maximum atomic E-state index is 9.22. The molecule has 0 amide bonds. The number of nitrogens with zero attached hydrogens (tertiary/aromatic N) is 1. The first kappa shape index (κ1) is 12.8. The van der Waals surface area contributed by atoms with E-state index in [1.165, 1.54) is 5.56 Å². The van der Waals surface area contributed by atoms with Gasteiger partial charge in [0.15, 0.2) is 0 Å². The van der Waals surface area contributed by atoms with Gasteiger partial charge in [0.1, 0.15) is 6.04 Å². The third-order valence-electron chi connectivity index (χ3n) is 2.66. The van der Waals surface area contributed by atoms with Crippen LogP contribution in [0.2, 0.25) is 0 Å². The lowest BCUT2D eigenvalue weighted by molar-refractivity contribution is 0.630. The van der Waals surface area contributed by atoms with E-state index < -0.39 is 0 Å². The van der Waals surface area contributed by atoms with Crippen molar-refractivity contribution >= 4 is 15.9 Å². The van der Waals surface area contributed by atoms with Gasteiger partial charge in [0.25, 0.3) is 0 Å². The maximum Gasteiger partial charge on any atom is 0.121 e. The van der Waals surface area contributed by atoms with Gasteiger partial charge in [0, 0.05) is 11.0 Å². The van der Waals surface area contributed by atoms with Gasteiger partial charge in [-0.15, -0.1) is 0 Å². The summed E-state index contributed by atoms with van der Waals surface area (Å²) in [6, 6.07) is 19.9. The molecule has 2 aromatic rings. The van der Waals surface area contributed by atoms with Crippen LogP contribution in [0.4, 0.5) is 0 Å². The highest BCUT2D eigenvalue weighted by Gasteiger charge is 2.09. The van der Waals surface area contributed by atoms with E-state index in [2.05, 4.69) is 27.3 Å². The minimum atomic E-state index is -0.289. The number of hydrogen-bond donors (Lipinski definition) is 1. The highest BCUT2D eigenvalue weighted by atomic mass is 79.9. The largest absolute Gasteiger partial charge is 0.294 e. The molecule has 2 rings (SSSR count). The molecule has 0 aliphatic heterocycles. The lowest BCUT2D eigenvalue weighted by atomic mass is 10.1. The Morgan fingerprint density at radius 2 is 1.89 bits per heavy atom. The second kappa shape index (κ2) is 6.34. The summed E-state index contributed by atoms with van der Waals surface area (Å²) in [5.41, 5.74) is 2.15. The fourth-order valence-electron chi connectivity index (χ4n) is 1.74. The van der Waals surface area contributed by atoms with Crippen LogP contribution in [0.15, 0.2) is 59.1 Å². The van der Waals surface area contributed by atoms with E-state index in [9.17, 15) is 5.26 Å². The van der Waals surface area contributed by atoms with Crippen molar-refractivity contribution in [3.8, 4) is 6.07 Å². The van der Waals surface area contributed by atoms with E-state index in [4.69, 9.17) is 0 Å². The summed E-state index contributed by atoms with van der Waals surface area (Å²) in [4.78, 5) is 0. The van der Waals surface area contributed by atoms with Crippen LogP contribution < -0.4 is 5.32 Å². The average Bonchev–Trinajstić information content (AvgIpc) is 2.41. The number of nitriles is 1. The predicted molar refractivity (Wildman–Crippen MR) is 75.8 cm³/mol. The molecule has 0 spiro atoms. The van der Waals surface area contributed by atoms with E-state index in [1.54, 1.807) is 0 Å². The van der Waals surface area contributed by atoms with Crippen LogP contribution in [0.3, 0.4) is 0 Å². The summed E-state index contributed by atoms with van der Waals surface area (Å²) in [7, 11) is 0. The SMILES string of the molecule is N#C[C@@H](NCc1ccccc1)c1cccc(Br)c1. The van der Waals surface area contributed by atoms with Gasteiger partial charge in [0.2, 0.25) is 0 Å². The van der Waals surface area contributed by atoms with Crippen LogP contribution in [0.1, 0.15) is 17.2 Å². The van der Waals surface area contributed by atoms with Gasteiger partial charge >= 0.3 is 0 Å². The van der Waals surface area contributed by atoms with Crippen LogP contribution in [0.5, 0.6) is 0 Å². The molecule has 2 aromatic carbocycles. The van der Waals surface area contributed by atoms with Gasteiger partial charge < -0.3 is 0 Å². The van der Waals surface area contributed by atoms with Crippen molar-refractivity contribution in [2.75, 3.05) is 0 Å². The van der Waals surface area contributed by atoms with Crippen molar-refractivity contribution in [3.05, 3.63) is 70.2 Å². The quantitative estimate of drug-likeness (QED) is 0.932. The molecule has 0 aliphatic carbocycles. The highest BCUT2D eigenvalue weighted by molar-refractivity contribution is 9.10. The van der Waals surface area contributed by atoms with Gasteiger partial charge in [-0.1, -0.05) is 58.4 Å². The Kier molecular flexibility index (Phi) is 4.52. The highest BCUT2D eigenvalue weighted by Crippen LogP contribution is 2.18. The third-order valence-corrected chi connectivity index (χ3v) is 3.16. The van der Waals surface area contributed by atoms with Gasteiger partial charge in [0.05, 0.1) is 6.07 Å². The molecule has 0 saturated heterocycles. The summed E-state index contributed by atoms with van der Waals surface area (Å²) in [5, 5.41) is 12.5. The molecule has 1 atom stereocenters. The summed E-state index contributed by atoms with van der Waals surface area (Å²) < 4.78 is 0.988. The second-order valence-corrected chi connectivity index (χ2v) is 4.90. The maximum absolute atomic E-state index is 9.22. The molecule has 0 bridgehead atoms. The summed E-state index contributed by atoms with van der Waals surface area (Å²) in [6.45, 7) is 0.686. The summed E-state index contributed by atoms with van der Waals surface area (Å²) >= 11 is 3.42. The van der Waals surface area contributed by atoms with Crippen molar-refractivity contribution in [3.63, 3.8) is 0 Å². The molecule has 0 aliphatic rings. The van der Waals surface area contributed by atoms with Crippen molar-refractivity contribution < 1.29 is 0 Å². The Labute approximate surface area is 115 Å². The monoisotopic (exact) mass is 300 g/mol. The zero-order valence-electron chi connectivity index (χ0n) is 9.81. The zero-order chi connectivity index (χ0) is 12.8. The van der Waals surface area contributed by atoms with Crippen LogP contribution in [0, 0.1) is 11.3 Å². The number of benzene rings is 2. The summed E-state index contributed by atoms with van der Waals surface area (Å²) in [5.74, 6) is 0. The van der Waals surface area contributed by atoms with Crippen molar-refractivity contribution in [2.45, 2.75) is 12.6 Å². The number of nitrogens with one attached hydrogen (secondary N) is 1. The normalized spacial score (nSPS) is 11.8. The van der Waals surface area contributed by atoms with E-state index in [-0.39, 0.29) is 6.04 Å². The zero-order valence-corrected chi connectivity index (χ0v) is 11.4. The number of rotatable bonds is 4. The molecule has 18 heavy (non-hydrogen) atoms.